The molecule has 0 aliphatic heterocycles. The van der Waals surface area contributed by atoms with Crippen molar-refractivity contribution in [2.24, 2.45) is 0 Å². The molecule has 2 N–H and O–H groups in total. The summed E-state index contributed by atoms with van der Waals surface area (Å²) in [7, 11) is 0. The molecule has 1 fully saturated rings. The van der Waals surface area contributed by atoms with Crippen LogP contribution < -0.4 is 10.6 Å². The van der Waals surface area contributed by atoms with Crippen LogP contribution in [0.5, 0.6) is 0 Å². The van der Waals surface area contributed by atoms with Crippen LogP contribution in [0.2, 0.25) is 0 Å². The molecule has 1 amide bonds. The Balaban J connectivity index is 1.74. The molecule has 0 aromatic heterocycles. The van der Waals surface area contributed by atoms with Crippen LogP contribution in [0.15, 0.2) is 18.2 Å². The summed E-state index contributed by atoms with van der Waals surface area (Å²) in [5.74, 6) is -2.66. The molecular formula is C13H16F2N2O. The van der Waals surface area contributed by atoms with Gasteiger partial charge in [-0.25, -0.2) is 8.78 Å². The molecule has 1 aliphatic carbocycles. The summed E-state index contributed by atoms with van der Waals surface area (Å²) in [6, 6.07) is 4.23. The lowest BCUT2D eigenvalue weighted by atomic mass is 10.2. The van der Waals surface area contributed by atoms with E-state index in [1.807, 2.05) is 0 Å². The number of hydrogen-bond donors (Lipinski definition) is 2. The van der Waals surface area contributed by atoms with Gasteiger partial charge in [0.15, 0.2) is 11.6 Å². The number of hydrogen-bond acceptors (Lipinski definition) is 2. The Morgan fingerprint density at radius 1 is 1.28 bits per heavy atom. The molecule has 1 aromatic carbocycles. The molecular weight excluding hydrogens is 238 g/mol. The van der Waals surface area contributed by atoms with Crippen LogP contribution >= 0.6 is 0 Å². The third kappa shape index (κ3) is 3.50. The summed E-state index contributed by atoms with van der Waals surface area (Å²) < 4.78 is 26.2. The van der Waals surface area contributed by atoms with Crippen molar-refractivity contribution in [1.29, 1.82) is 0 Å². The van der Waals surface area contributed by atoms with Crippen molar-refractivity contribution in [2.45, 2.75) is 25.3 Å². The van der Waals surface area contributed by atoms with E-state index >= 15 is 0 Å². The van der Waals surface area contributed by atoms with Gasteiger partial charge in [0.2, 0.25) is 0 Å². The Kier molecular flexibility index (Phi) is 4.25. The zero-order valence-electron chi connectivity index (χ0n) is 10.0. The van der Waals surface area contributed by atoms with E-state index in [1.165, 1.54) is 25.0 Å². The maximum atomic E-state index is 13.3. The van der Waals surface area contributed by atoms with Gasteiger partial charge < -0.3 is 10.6 Å². The highest BCUT2D eigenvalue weighted by Gasteiger charge is 2.19. The number of carbonyl (C=O) groups excluding carboxylic acids is 1. The quantitative estimate of drug-likeness (QED) is 0.760. The number of halogens is 2. The lowest BCUT2D eigenvalue weighted by Crippen LogP contribution is -2.28. The third-order valence-electron chi connectivity index (χ3n) is 2.85. The number of rotatable bonds is 6. The van der Waals surface area contributed by atoms with E-state index in [-0.39, 0.29) is 5.56 Å². The van der Waals surface area contributed by atoms with Gasteiger partial charge in [-0.15, -0.1) is 0 Å². The van der Waals surface area contributed by atoms with Crippen molar-refractivity contribution in [3.8, 4) is 0 Å². The number of benzene rings is 1. The maximum Gasteiger partial charge on any atom is 0.254 e. The van der Waals surface area contributed by atoms with Crippen molar-refractivity contribution in [3.63, 3.8) is 0 Å². The van der Waals surface area contributed by atoms with E-state index in [0.717, 1.165) is 19.0 Å². The molecule has 0 heterocycles. The van der Waals surface area contributed by atoms with E-state index in [0.29, 0.717) is 12.6 Å². The smallest absolute Gasteiger partial charge is 0.254 e. The zero-order chi connectivity index (χ0) is 13.0. The first-order valence-corrected chi connectivity index (χ1v) is 6.14. The van der Waals surface area contributed by atoms with Crippen LogP contribution in [-0.4, -0.2) is 25.0 Å². The predicted molar refractivity (Wildman–Crippen MR) is 64.3 cm³/mol. The molecule has 0 radical (unpaired) electrons. The number of nitrogens with one attached hydrogen (secondary N) is 2. The van der Waals surface area contributed by atoms with Crippen molar-refractivity contribution in [1.82, 2.24) is 10.6 Å². The monoisotopic (exact) mass is 254 g/mol. The lowest BCUT2D eigenvalue weighted by Gasteiger charge is -2.07. The van der Waals surface area contributed by atoms with Crippen molar-refractivity contribution < 1.29 is 13.6 Å². The first-order chi connectivity index (χ1) is 8.68. The normalized spacial score (nSPS) is 14.6. The Hall–Kier alpha value is -1.49. The Morgan fingerprint density at radius 2 is 2.06 bits per heavy atom. The van der Waals surface area contributed by atoms with Crippen LogP contribution in [0.3, 0.4) is 0 Å². The first-order valence-electron chi connectivity index (χ1n) is 6.14. The van der Waals surface area contributed by atoms with Crippen LogP contribution in [0.25, 0.3) is 0 Å². The van der Waals surface area contributed by atoms with Crippen LogP contribution in [-0.2, 0) is 0 Å². The Labute approximate surface area is 105 Å². The van der Waals surface area contributed by atoms with Gasteiger partial charge in [-0.3, -0.25) is 4.79 Å². The highest BCUT2D eigenvalue weighted by molar-refractivity contribution is 5.94. The SMILES string of the molecule is O=C(NCCCNC1CC1)c1cccc(F)c1F. The number of carbonyl (C=O) groups is 1. The fourth-order valence-corrected chi connectivity index (χ4v) is 1.66. The summed E-state index contributed by atoms with van der Waals surface area (Å²) in [5, 5.41) is 5.88. The lowest BCUT2D eigenvalue weighted by molar-refractivity contribution is 0.0948. The van der Waals surface area contributed by atoms with Gasteiger partial charge in [0.1, 0.15) is 0 Å². The van der Waals surface area contributed by atoms with E-state index < -0.39 is 17.5 Å². The molecule has 1 aliphatic rings. The van der Waals surface area contributed by atoms with Crippen molar-refractivity contribution in [2.75, 3.05) is 13.1 Å². The third-order valence-corrected chi connectivity index (χ3v) is 2.85. The van der Waals surface area contributed by atoms with E-state index in [4.69, 9.17) is 0 Å². The molecule has 1 aromatic rings. The van der Waals surface area contributed by atoms with Crippen molar-refractivity contribution in [3.05, 3.63) is 35.4 Å². The fraction of sp³-hybridized carbons (Fsp3) is 0.462. The molecule has 5 heteroatoms. The fourth-order valence-electron chi connectivity index (χ4n) is 1.66. The number of amides is 1. The first kappa shape index (κ1) is 13.0. The summed E-state index contributed by atoms with van der Waals surface area (Å²) in [6.45, 7) is 1.28. The van der Waals surface area contributed by atoms with Gasteiger partial charge in [0.25, 0.3) is 5.91 Å². The zero-order valence-corrected chi connectivity index (χ0v) is 10.0. The predicted octanol–water partition coefficient (Wildman–Crippen LogP) is 1.84. The van der Waals surface area contributed by atoms with E-state index in [2.05, 4.69) is 10.6 Å². The van der Waals surface area contributed by atoms with Gasteiger partial charge in [-0.05, 0) is 37.9 Å². The molecule has 0 spiro atoms. The topological polar surface area (TPSA) is 41.1 Å². The minimum absolute atomic E-state index is 0.245. The molecule has 18 heavy (non-hydrogen) atoms. The highest BCUT2D eigenvalue weighted by atomic mass is 19.2. The second kappa shape index (κ2) is 5.91. The summed E-state index contributed by atoms with van der Waals surface area (Å²) in [6.07, 6.45) is 3.22. The minimum atomic E-state index is -1.09. The Bertz CT molecular complexity index is 433. The molecule has 98 valence electrons. The summed E-state index contributed by atoms with van der Waals surface area (Å²) in [4.78, 5) is 11.6. The van der Waals surface area contributed by atoms with Gasteiger partial charge >= 0.3 is 0 Å². The average Bonchev–Trinajstić information content (AvgIpc) is 3.16. The largest absolute Gasteiger partial charge is 0.352 e. The maximum absolute atomic E-state index is 13.3. The Morgan fingerprint density at radius 3 is 2.78 bits per heavy atom. The molecule has 1 saturated carbocycles. The van der Waals surface area contributed by atoms with Gasteiger partial charge in [-0.1, -0.05) is 6.07 Å². The molecule has 0 saturated heterocycles. The van der Waals surface area contributed by atoms with Gasteiger partial charge in [0.05, 0.1) is 5.56 Å². The minimum Gasteiger partial charge on any atom is -0.352 e. The van der Waals surface area contributed by atoms with Crippen LogP contribution in [0, 0.1) is 11.6 Å². The summed E-state index contributed by atoms with van der Waals surface area (Å²) >= 11 is 0. The second-order valence-electron chi connectivity index (χ2n) is 4.44. The second-order valence-corrected chi connectivity index (χ2v) is 4.44. The molecule has 0 bridgehead atoms. The van der Waals surface area contributed by atoms with E-state index in [1.54, 1.807) is 0 Å². The molecule has 2 rings (SSSR count). The molecule has 0 unspecified atom stereocenters. The summed E-state index contributed by atoms with van der Waals surface area (Å²) in [5.41, 5.74) is -0.245. The molecule has 0 atom stereocenters. The highest BCUT2D eigenvalue weighted by Crippen LogP contribution is 2.18. The van der Waals surface area contributed by atoms with Crippen LogP contribution in [0.1, 0.15) is 29.6 Å². The molecule has 3 nitrogen and oxygen atoms in total. The van der Waals surface area contributed by atoms with E-state index in [9.17, 15) is 13.6 Å². The average molecular weight is 254 g/mol. The van der Waals surface area contributed by atoms with Gasteiger partial charge in [-0.2, -0.15) is 0 Å². The van der Waals surface area contributed by atoms with Crippen molar-refractivity contribution >= 4 is 5.91 Å². The van der Waals surface area contributed by atoms with Crippen LogP contribution in [0.4, 0.5) is 8.78 Å². The van der Waals surface area contributed by atoms with Gasteiger partial charge in [0, 0.05) is 12.6 Å². The standard InChI is InChI=1S/C13H16F2N2O/c14-11-4-1-3-10(12(11)15)13(18)17-8-2-7-16-9-5-6-9/h1,3-4,9,16H,2,5-8H2,(H,17,18).